The Morgan fingerprint density at radius 1 is 1.03 bits per heavy atom. The largest absolute Gasteiger partial charge is 0.496 e. The van der Waals surface area contributed by atoms with E-state index in [1.807, 2.05) is 55.5 Å². The van der Waals surface area contributed by atoms with Gasteiger partial charge in [-0.1, -0.05) is 30.3 Å². The Morgan fingerprint density at radius 2 is 1.92 bits per heavy atom. The van der Waals surface area contributed by atoms with Gasteiger partial charge in [0.05, 0.1) is 25.8 Å². The number of benzene rings is 3. The van der Waals surface area contributed by atoms with Crippen LogP contribution in [0.3, 0.4) is 0 Å². The fourth-order valence-electron chi connectivity index (χ4n) is 4.17. The fraction of sp³-hybridized carbons (Fsp3) is 0.143. The first-order chi connectivity index (χ1) is 18.0. The lowest BCUT2D eigenvalue weighted by Gasteiger charge is -2.11. The molecule has 6 aromatic rings. The van der Waals surface area contributed by atoms with Crippen molar-refractivity contribution < 1.29 is 23.0 Å². The molecule has 6 rings (SSSR count). The van der Waals surface area contributed by atoms with Crippen molar-refractivity contribution >= 4 is 27.3 Å². The second-order valence-electron chi connectivity index (χ2n) is 8.55. The number of ether oxygens (including phenoxy) is 3. The van der Waals surface area contributed by atoms with Gasteiger partial charge in [0.2, 0.25) is 4.96 Å². The number of furan rings is 1. The number of hydrogen-bond donors (Lipinski definition) is 0. The van der Waals surface area contributed by atoms with E-state index in [9.17, 15) is 4.39 Å². The van der Waals surface area contributed by atoms with Gasteiger partial charge in [0, 0.05) is 17.7 Å². The molecule has 37 heavy (non-hydrogen) atoms. The van der Waals surface area contributed by atoms with Crippen LogP contribution in [0.2, 0.25) is 0 Å². The minimum atomic E-state index is -0.244. The van der Waals surface area contributed by atoms with E-state index in [0.717, 1.165) is 22.1 Å². The first kappa shape index (κ1) is 23.1. The average molecular weight is 516 g/mol. The lowest BCUT2D eigenvalue weighted by molar-refractivity contribution is 0.307. The topological polar surface area (TPSA) is 71.0 Å². The lowest BCUT2D eigenvalue weighted by Crippen LogP contribution is -1.97. The Morgan fingerprint density at radius 3 is 2.70 bits per heavy atom. The fourth-order valence-corrected chi connectivity index (χ4v) is 4.87. The molecule has 0 unspecified atom stereocenters. The molecule has 0 aliphatic carbocycles. The molecule has 0 bridgehead atoms. The quantitative estimate of drug-likeness (QED) is 0.230. The van der Waals surface area contributed by atoms with Crippen LogP contribution in [0.1, 0.15) is 11.1 Å². The van der Waals surface area contributed by atoms with Crippen molar-refractivity contribution in [3.8, 4) is 39.3 Å². The zero-order valence-electron chi connectivity index (χ0n) is 20.3. The number of fused-ring (bicyclic) bond motifs is 2. The molecule has 0 radical (unpaired) electrons. The normalized spacial score (nSPS) is 11.4. The van der Waals surface area contributed by atoms with Gasteiger partial charge in [-0.25, -0.2) is 13.9 Å². The van der Waals surface area contributed by atoms with Crippen molar-refractivity contribution in [2.75, 3.05) is 14.2 Å². The van der Waals surface area contributed by atoms with Crippen molar-refractivity contribution in [2.45, 2.75) is 13.5 Å². The predicted octanol–water partition coefficient (Wildman–Crippen LogP) is 6.91. The van der Waals surface area contributed by atoms with E-state index >= 15 is 0 Å². The molecule has 3 aromatic carbocycles. The van der Waals surface area contributed by atoms with Crippen molar-refractivity contribution in [1.82, 2.24) is 14.6 Å². The SMILES string of the molecule is COc1cc(OCc2cccc(-c3ccc(C)cc3F)c2)c2cc(-c3cn4nc(OC)sc4n3)oc2c1. The first-order valence-electron chi connectivity index (χ1n) is 11.5. The van der Waals surface area contributed by atoms with Crippen LogP contribution in [-0.4, -0.2) is 28.8 Å². The van der Waals surface area contributed by atoms with E-state index in [1.54, 1.807) is 31.0 Å². The molecule has 9 heteroatoms. The third-order valence-corrected chi connectivity index (χ3v) is 6.90. The van der Waals surface area contributed by atoms with Crippen molar-refractivity contribution in [1.29, 1.82) is 0 Å². The van der Waals surface area contributed by atoms with E-state index in [4.69, 9.17) is 18.6 Å². The van der Waals surface area contributed by atoms with E-state index in [2.05, 4.69) is 10.1 Å². The minimum absolute atomic E-state index is 0.244. The van der Waals surface area contributed by atoms with Gasteiger partial charge in [0.1, 0.15) is 35.2 Å². The Labute approximate surface area is 215 Å². The molecule has 0 atom stereocenters. The second-order valence-corrected chi connectivity index (χ2v) is 9.46. The summed E-state index contributed by atoms with van der Waals surface area (Å²) >= 11 is 1.34. The van der Waals surface area contributed by atoms with E-state index < -0.39 is 0 Å². The zero-order valence-corrected chi connectivity index (χ0v) is 21.1. The Balaban J connectivity index is 1.30. The lowest BCUT2D eigenvalue weighted by atomic mass is 10.0. The summed E-state index contributed by atoms with van der Waals surface area (Å²) < 4.78 is 39.2. The van der Waals surface area contributed by atoms with Gasteiger partial charge in [0.15, 0.2) is 5.76 Å². The van der Waals surface area contributed by atoms with E-state index in [0.29, 0.717) is 44.3 Å². The maximum atomic E-state index is 14.5. The van der Waals surface area contributed by atoms with Crippen molar-refractivity contribution in [3.05, 3.63) is 83.8 Å². The number of imidazole rings is 1. The first-order valence-corrected chi connectivity index (χ1v) is 12.3. The molecule has 0 spiro atoms. The Kier molecular flexibility index (Phi) is 5.77. The molecule has 3 heterocycles. The number of aryl methyl sites for hydroxylation is 1. The van der Waals surface area contributed by atoms with Gasteiger partial charge in [-0.2, -0.15) is 0 Å². The number of hydrogen-bond acceptors (Lipinski definition) is 7. The van der Waals surface area contributed by atoms with Gasteiger partial charge < -0.3 is 18.6 Å². The van der Waals surface area contributed by atoms with Crippen LogP contribution in [-0.2, 0) is 6.61 Å². The highest BCUT2D eigenvalue weighted by molar-refractivity contribution is 7.18. The van der Waals surface area contributed by atoms with Crippen LogP contribution in [0, 0.1) is 12.7 Å². The van der Waals surface area contributed by atoms with Gasteiger partial charge >= 0.3 is 0 Å². The highest BCUT2D eigenvalue weighted by Gasteiger charge is 2.17. The van der Waals surface area contributed by atoms with Gasteiger partial charge in [-0.15, -0.1) is 5.10 Å². The van der Waals surface area contributed by atoms with E-state index in [-0.39, 0.29) is 12.4 Å². The predicted molar refractivity (Wildman–Crippen MR) is 140 cm³/mol. The van der Waals surface area contributed by atoms with Crippen LogP contribution in [0.5, 0.6) is 16.7 Å². The maximum Gasteiger partial charge on any atom is 0.294 e. The van der Waals surface area contributed by atoms with Gasteiger partial charge in [-0.3, -0.25) is 0 Å². The van der Waals surface area contributed by atoms with Crippen LogP contribution in [0.4, 0.5) is 4.39 Å². The highest BCUT2D eigenvalue weighted by atomic mass is 32.1. The summed E-state index contributed by atoms with van der Waals surface area (Å²) in [6, 6.07) is 18.5. The summed E-state index contributed by atoms with van der Waals surface area (Å²) in [7, 11) is 3.17. The number of methoxy groups -OCH3 is 2. The van der Waals surface area contributed by atoms with Crippen LogP contribution in [0.15, 0.2) is 71.3 Å². The molecular weight excluding hydrogens is 493 g/mol. The molecule has 0 aliphatic rings. The Bertz CT molecular complexity index is 1720. The van der Waals surface area contributed by atoms with Crippen molar-refractivity contribution in [3.63, 3.8) is 0 Å². The summed E-state index contributed by atoms with van der Waals surface area (Å²) in [6.07, 6.45) is 1.79. The smallest absolute Gasteiger partial charge is 0.294 e. The third kappa shape index (κ3) is 4.38. The van der Waals surface area contributed by atoms with Crippen molar-refractivity contribution in [2.24, 2.45) is 0 Å². The summed E-state index contributed by atoms with van der Waals surface area (Å²) in [5.74, 6) is 1.56. The molecule has 0 saturated heterocycles. The number of halogens is 1. The summed E-state index contributed by atoms with van der Waals surface area (Å²) in [6.45, 7) is 2.16. The van der Waals surface area contributed by atoms with Gasteiger partial charge in [-0.05, 0) is 53.1 Å². The third-order valence-electron chi connectivity index (χ3n) is 6.02. The molecule has 3 aromatic heterocycles. The minimum Gasteiger partial charge on any atom is -0.496 e. The molecule has 7 nitrogen and oxygen atoms in total. The Hall–Kier alpha value is -4.37. The number of nitrogens with zero attached hydrogens (tertiary/aromatic N) is 3. The van der Waals surface area contributed by atoms with Crippen LogP contribution < -0.4 is 14.2 Å². The standard InChI is InChI=1S/C28H22FN3O4S/c1-16-7-8-20(22(29)9-16)18-6-4-5-17(10-18)15-35-24-11-19(33-2)12-25-21(24)13-26(36-25)23-14-32-27(30-23)37-28(31-32)34-3/h4-14H,15H2,1-3H3. The molecule has 0 fully saturated rings. The van der Waals surface area contributed by atoms with E-state index in [1.165, 1.54) is 17.4 Å². The van der Waals surface area contributed by atoms with Gasteiger partial charge in [0.25, 0.3) is 5.19 Å². The molecule has 0 saturated carbocycles. The molecular formula is C28H22FN3O4S. The monoisotopic (exact) mass is 515 g/mol. The molecule has 0 amide bonds. The summed E-state index contributed by atoms with van der Waals surface area (Å²) in [5.41, 5.74) is 4.41. The van der Waals surface area contributed by atoms with Crippen LogP contribution in [0.25, 0.3) is 38.5 Å². The average Bonchev–Trinajstić information content (AvgIpc) is 3.60. The molecule has 186 valence electrons. The second kappa shape index (κ2) is 9.25. The number of aromatic nitrogens is 3. The highest BCUT2D eigenvalue weighted by Crippen LogP contribution is 2.38. The molecule has 0 aliphatic heterocycles. The summed E-state index contributed by atoms with van der Waals surface area (Å²) in [4.78, 5) is 5.31. The van der Waals surface area contributed by atoms with Crippen LogP contribution >= 0.6 is 11.3 Å². The maximum absolute atomic E-state index is 14.5. The summed E-state index contributed by atoms with van der Waals surface area (Å²) in [5, 5.41) is 5.64. The number of rotatable bonds is 7. The molecule has 0 N–H and O–H groups in total. The zero-order chi connectivity index (χ0) is 25.5.